The van der Waals surface area contributed by atoms with Crippen LogP contribution in [-0.4, -0.2) is 72.5 Å². The van der Waals surface area contributed by atoms with Crippen LogP contribution in [0.15, 0.2) is 18.2 Å². The van der Waals surface area contributed by atoms with Crippen LogP contribution in [0.1, 0.15) is 60.2 Å². The minimum Gasteiger partial charge on any atom is -0.480 e. The summed E-state index contributed by atoms with van der Waals surface area (Å²) < 4.78 is 0. The van der Waals surface area contributed by atoms with E-state index in [1.165, 1.54) is 30.7 Å². The molecular weight excluding hydrogens is 412 g/mol. The third-order valence-electron chi connectivity index (χ3n) is 6.32. The van der Waals surface area contributed by atoms with Crippen LogP contribution < -0.4 is 15.5 Å². The molecule has 1 fully saturated rings. The minimum atomic E-state index is -1.19. The number of amides is 3. The van der Waals surface area contributed by atoms with E-state index in [2.05, 4.69) is 10.6 Å². The lowest BCUT2D eigenvalue weighted by Gasteiger charge is -2.24. The van der Waals surface area contributed by atoms with Crippen molar-refractivity contribution < 1.29 is 24.3 Å². The quantitative estimate of drug-likeness (QED) is 0.523. The van der Waals surface area contributed by atoms with Gasteiger partial charge in [-0.1, -0.05) is 0 Å². The first-order valence-electron chi connectivity index (χ1n) is 11.3. The molecule has 1 aromatic rings. The molecule has 9 nitrogen and oxygen atoms in total. The Morgan fingerprint density at radius 3 is 2.62 bits per heavy atom. The van der Waals surface area contributed by atoms with Crippen molar-refractivity contribution >= 4 is 29.4 Å². The van der Waals surface area contributed by atoms with Gasteiger partial charge in [-0.3, -0.25) is 14.4 Å². The Kier molecular flexibility index (Phi) is 7.84. The number of piperidine rings is 1. The number of nitrogens with one attached hydrogen (secondary N) is 2. The Morgan fingerprint density at radius 1 is 1.25 bits per heavy atom. The van der Waals surface area contributed by atoms with Crippen molar-refractivity contribution in [1.29, 1.82) is 0 Å². The van der Waals surface area contributed by atoms with Crippen molar-refractivity contribution in [2.45, 2.75) is 45.6 Å². The number of hydrogen-bond donors (Lipinski definition) is 3. The zero-order valence-corrected chi connectivity index (χ0v) is 18.7. The van der Waals surface area contributed by atoms with Crippen LogP contribution in [0.3, 0.4) is 0 Å². The predicted molar refractivity (Wildman–Crippen MR) is 120 cm³/mol. The molecule has 2 heterocycles. The van der Waals surface area contributed by atoms with Crippen molar-refractivity contribution in [2.24, 2.45) is 5.92 Å². The van der Waals surface area contributed by atoms with Crippen LogP contribution >= 0.6 is 0 Å². The number of carbonyl (C=O) groups is 4. The molecule has 1 aromatic carbocycles. The van der Waals surface area contributed by atoms with Crippen LogP contribution in [-0.2, 0) is 9.59 Å². The number of nitrogens with zero attached hydrogens (tertiary/aromatic N) is 2. The molecule has 32 heavy (non-hydrogen) atoms. The fourth-order valence-electron chi connectivity index (χ4n) is 4.33. The lowest BCUT2D eigenvalue weighted by molar-refractivity contribution is -0.142. The average Bonchev–Trinajstić information content (AvgIpc) is 2.90. The van der Waals surface area contributed by atoms with Gasteiger partial charge < -0.3 is 25.5 Å². The second kappa shape index (κ2) is 10.6. The molecule has 0 aliphatic carbocycles. The summed E-state index contributed by atoms with van der Waals surface area (Å²) in [7, 11) is 0. The topological polar surface area (TPSA) is 119 Å². The van der Waals surface area contributed by atoms with Crippen molar-refractivity contribution in [2.75, 3.05) is 37.6 Å². The summed E-state index contributed by atoms with van der Waals surface area (Å²) in [6.45, 7) is 5.81. The van der Waals surface area contributed by atoms with E-state index >= 15 is 0 Å². The van der Waals surface area contributed by atoms with Gasteiger partial charge in [-0.15, -0.1) is 0 Å². The molecule has 1 saturated heterocycles. The molecule has 0 saturated carbocycles. The summed E-state index contributed by atoms with van der Waals surface area (Å²) in [6, 6.07) is 3.49. The van der Waals surface area contributed by atoms with Crippen LogP contribution in [0.25, 0.3) is 0 Å². The van der Waals surface area contributed by atoms with Crippen molar-refractivity contribution in [3.8, 4) is 0 Å². The van der Waals surface area contributed by atoms with E-state index in [-0.39, 0.29) is 23.9 Å². The summed E-state index contributed by atoms with van der Waals surface area (Å²) in [4.78, 5) is 52.5. The summed E-state index contributed by atoms with van der Waals surface area (Å²) in [5.74, 6) is -1.72. The zero-order valence-electron chi connectivity index (χ0n) is 18.7. The number of hydrogen-bond acceptors (Lipinski definition) is 5. The molecule has 0 bridgehead atoms. The molecule has 3 N–H and O–H groups in total. The standard InChI is InChI=1S/C23H32N4O5/c1-3-26-19-7-6-17(21(29)25-10-4-5-16-8-11-24-12-9-16)13-18(19)22(30)27(14-20(26)28)15(2)23(31)32/h6-7,13,15-16,24H,3-5,8-12,14H2,1-2H3,(H,25,29)(H,31,32). The van der Waals surface area contributed by atoms with Crippen molar-refractivity contribution in [3.05, 3.63) is 29.3 Å². The smallest absolute Gasteiger partial charge is 0.326 e. The van der Waals surface area contributed by atoms with Crippen LogP contribution in [0.4, 0.5) is 5.69 Å². The minimum absolute atomic E-state index is 0.160. The Labute approximate surface area is 188 Å². The highest BCUT2D eigenvalue weighted by atomic mass is 16.4. The number of rotatable bonds is 8. The lowest BCUT2D eigenvalue weighted by atomic mass is 9.93. The first-order valence-corrected chi connectivity index (χ1v) is 11.3. The highest BCUT2D eigenvalue weighted by Gasteiger charge is 2.36. The molecule has 2 aliphatic heterocycles. The van der Waals surface area contributed by atoms with Gasteiger partial charge in [-0.05, 0) is 76.7 Å². The van der Waals surface area contributed by atoms with E-state index in [9.17, 15) is 24.3 Å². The average molecular weight is 445 g/mol. The van der Waals surface area contributed by atoms with Crippen LogP contribution in [0, 0.1) is 5.92 Å². The van der Waals surface area contributed by atoms with Crippen molar-refractivity contribution in [1.82, 2.24) is 15.5 Å². The predicted octanol–water partition coefficient (Wildman–Crippen LogP) is 1.48. The Morgan fingerprint density at radius 2 is 1.97 bits per heavy atom. The summed E-state index contributed by atoms with van der Waals surface area (Å²) >= 11 is 0. The SMILES string of the molecule is CCN1C(=O)CN(C(C)C(=O)O)C(=O)c2cc(C(=O)NCCCC3CCNCC3)ccc21. The summed E-state index contributed by atoms with van der Waals surface area (Å²) in [5.41, 5.74) is 0.866. The third-order valence-corrected chi connectivity index (χ3v) is 6.32. The maximum absolute atomic E-state index is 13.1. The first-order chi connectivity index (χ1) is 15.3. The molecule has 174 valence electrons. The lowest BCUT2D eigenvalue weighted by Crippen LogP contribution is -2.46. The molecule has 2 aliphatic rings. The van der Waals surface area contributed by atoms with Gasteiger partial charge in [0.2, 0.25) is 5.91 Å². The first kappa shape index (κ1) is 23.7. The number of carbonyl (C=O) groups excluding carboxylic acids is 3. The van der Waals surface area contributed by atoms with Crippen LogP contribution in [0.5, 0.6) is 0 Å². The van der Waals surface area contributed by atoms with Gasteiger partial charge in [-0.2, -0.15) is 0 Å². The molecule has 0 spiro atoms. The third kappa shape index (κ3) is 5.27. The second-order valence-corrected chi connectivity index (χ2v) is 8.41. The fourth-order valence-corrected chi connectivity index (χ4v) is 4.33. The van der Waals surface area contributed by atoms with E-state index in [1.54, 1.807) is 19.1 Å². The van der Waals surface area contributed by atoms with Gasteiger partial charge >= 0.3 is 5.97 Å². The molecular formula is C23H32N4O5. The van der Waals surface area contributed by atoms with E-state index < -0.39 is 17.9 Å². The van der Waals surface area contributed by atoms with E-state index in [4.69, 9.17) is 0 Å². The molecule has 0 radical (unpaired) electrons. The summed E-state index contributed by atoms with van der Waals surface area (Å²) in [6.07, 6.45) is 4.29. The van der Waals surface area contributed by atoms with Gasteiger partial charge in [0.15, 0.2) is 0 Å². The number of anilines is 1. The van der Waals surface area contributed by atoms with Gasteiger partial charge in [0.1, 0.15) is 12.6 Å². The number of fused-ring (bicyclic) bond motifs is 1. The van der Waals surface area contributed by atoms with E-state index in [1.807, 2.05) is 0 Å². The molecule has 1 atom stereocenters. The number of carboxylic acids is 1. The summed E-state index contributed by atoms with van der Waals surface area (Å²) in [5, 5.41) is 15.6. The number of likely N-dealkylation sites (N-methyl/N-ethyl adjacent to an activating group) is 1. The molecule has 3 rings (SSSR count). The Hall–Kier alpha value is -2.94. The second-order valence-electron chi connectivity index (χ2n) is 8.41. The number of carboxylic acid groups (broad SMARTS) is 1. The maximum Gasteiger partial charge on any atom is 0.326 e. The number of aliphatic carboxylic acids is 1. The fraction of sp³-hybridized carbons (Fsp3) is 0.565. The monoisotopic (exact) mass is 444 g/mol. The van der Waals surface area contributed by atoms with E-state index in [0.29, 0.717) is 30.3 Å². The maximum atomic E-state index is 13.1. The van der Waals surface area contributed by atoms with Gasteiger partial charge in [-0.25, -0.2) is 4.79 Å². The Balaban J connectivity index is 1.74. The normalized spacial score (nSPS) is 18.2. The van der Waals surface area contributed by atoms with E-state index in [0.717, 1.165) is 30.8 Å². The largest absolute Gasteiger partial charge is 0.480 e. The van der Waals surface area contributed by atoms with Crippen LogP contribution in [0.2, 0.25) is 0 Å². The van der Waals surface area contributed by atoms with Gasteiger partial charge in [0, 0.05) is 18.7 Å². The van der Waals surface area contributed by atoms with Crippen molar-refractivity contribution in [3.63, 3.8) is 0 Å². The highest BCUT2D eigenvalue weighted by Crippen LogP contribution is 2.28. The van der Waals surface area contributed by atoms with Gasteiger partial charge in [0.05, 0.1) is 11.3 Å². The molecule has 3 amide bonds. The Bertz CT molecular complexity index is 881. The zero-order chi connectivity index (χ0) is 23.3. The molecule has 1 unspecified atom stereocenters. The van der Waals surface area contributed by atoms with Gasteiger partial charge in [0.25, 0.3) is 11.8 Å². The number of benzene rings is 1. The highest BCUT2D eigenvalue weighted by molar-refractivity contribution is 6.11. The molecule has 9 heteroatoms. The molecule has 0 aromatic heterocycles.